The first kappa shape index (κ1) is 12.0. The summed E-state index contributed by atoms with van der Waals surface area (Å²) in [5.74, 6) is 0.174. The molecule has 5 nitrogen and oxygen atoms in total. The number of aromatic carboxylic acids is 1. The molecule has 1 heterocycles. The zero-order valence-electron chi connectivity index (χ0n) is 9.83. The van der Waals surface area contributed by atoms with Gasteiger partial charge in [0.25, 0.3) is 0 Å². The maximum absolute atomic E-state index is 10.6. The summed E-state index contributed by atoms with van der Waals surface area (Å²) in [7, 11) is 0. The fourth-order valence-electron chi connectivity index (χ4n) is 1.40. The molecule has 18 heavy (non-hydrogen) atoms. The second kappa shape index (κ2) is 5.27. The van der Waals surface area contributed by atoms with Crippen LogP contribution in [0.3, 0.4) is 0 Å². The summed E-state index contributed by atoms with van der Waals surface area (Å²) in [6, 6.07) is 7.63. The van der Waals surface area contributed by atoms with E-state index in [1.807, 2.05) is 31.2 Å². The van der Waals surface area contributed by atoms with Crippen LogP contribution >= 0.6 is 0 Å². The van der Waals surface area contributed by atoms with E-state index in [1.165, 1.54) is 12.4 Å². The number of carboxylic acid groups (broad SMARTS) is 1. The van der Waals surface area contributed by atoms with Crippen LogP contribution in [0.5, 0.6) is 5.75 Å². The van der Waals surface area contributed by atoms with E-state index in [1.54, 1.807) is 0 Å². The molecule has 0 unspecified atom stereocenters. The van der Waals surface area contributed by atoms with Crippen molar-refractivity contribution in [3.05, 3.63) is 53.6 Å². The number of aryl methyl sites for hydroxylation is 1. The Balaban J connectivity index is 2.02. The first-order chi connectivity index (χ1) is 8.66. The van der Waals surface area contributed by atoms with E-state index in [2.05, 4.69) is 9.97 Å². The molecule has 0 saturated carbocycles. The zero-order chi connectivity index (χ0) is 13.0. The molecule has 0 amide bonds. The second-order valence-electron chi connectivity index (χ2n) is 3.75. The maximum atomic E-state index is 10.6. The third-order valence-electron chi connectivity index (χ3n) is 2.40. The number of hydrogen-bond acceptors (Lipinski definition) is 4. The van der Waals surface area contributed by atoms with Crippen molar-refractivity contribution in [2.75, 3.05) is 0 Å². The van der Waals surface area contributed by atoms with Gasteiger partial charge in [0.05, 0.1) is 5.56 Å². The summed E-state index contributed by atoms with van der Waals surface area (Å²) in [6.45, 7) is 2.16. The van der Waals surface area contributed by atoms with Crippen molar-refractivity contribution in [2.24, 2.45) is 0 Å². The Kier molecular flexibility index (Phi) is 3.52. The van der Waals surface area contributed by atoms with Gasteiger partial charge in [0.2, 0.25) is 0 Å². The fourth-order valence-corrected chi connectivity index (χ4v) is 1.40. The number of carboxylic acids is 1. The molecule has 5 heteroatoms. The summed E-state index contributed by atoms with van der Waals surface area (Å²) < 4.78 is 5.55. The highest BCUT2D eigenvalue weighted by Crippen LogP contribution is 2.16. The molecule has 1 aromatic carbocycles. The van der Waals surface area contributed by atoms with E-state index in [0.29, 0.717) is 5.82 Å². The Bertz CT molecular complexity index is 552. The van der Waals surface area contributed by atoms with Gasteiger partial charge in [-0.05, 0) is 18.6 Å². The number of aromatic nitrogens is 2. The van der Waals surface area contributed by atoms with Crippen LogP contribution in [0.1, 0.15) is 21.7 Å². The Morgan fingerprint density at radius 2 is 1.94 bits per heavy atom. The highest BCUT2D eigenvalue weighted by Gasteiger charge is 2.05. The highest BCUT2D eigenvalue weighted by molar-refractivity contribution is 5.86. The molecule has 0 aliphatic rings. The molecular weight excluding hydrogens is 232 g/mol. The van der Waals surface area contributed by atoms with Crippen LogP contribution in [0.25, 0.3) is 0 Å². The van der Waals surface area contributed by atoms with Gasteiger partial charge in [-0.25, -0.2) is 14.8 Å². The Hall–Kier alpha value is -2.43. The van der Waals surface area contributed by atoms with Crippen molar-refractivity contribution in [3.63, 3.8) is 0 Å². The standard InChI is InChI=1S/C13H12N2O3/c1-9-4-2-3-5-11(9)18-8-12-14-6-10(7-15-12)13(16)17/h2-7H,8H2,1H3,(H,16,17). The lowest BCUT2D eigenvalue weighted by atomic mass is 10.2. The van der Waals surface area contributed by atoms with Gasteiger partial charge in [-0.1, -0.05) is 18.2 Å². The topological polar surface area (TPSA) is 72.3 Å². The number of ether oxygens (including phenoxy) is 1. The van der Waals surface area contributed by atoms with Gasteiger partial charge >= 0.3 is 5.97 Å². The fraction of sp³-hybridized carbons (Fsp3) is 0.154. The lowest BCUT2D eigenvalue weighted by Gasteiger charge is -2.07. The summed E-state index contributed by atoms with van der Waals surface area (Å²) in [5.41, 5.74) is 1.09. The molecule has 0 atom stereocenters. The summed E-state index contributed by atoms with van der Waals surface area (Å²) >= 11 is 0. The minimum absolute atomic E-state index is 0.0645. The van der Waals surface area contributed by atoms with Gasteiger partial charge in [-0.3, -0.25) is 0 Å². The molecule has 2 aromatic rings. The molecule has 0 radical (unpaired) electrons. The molecule has 0 fully saturated rings. The first-order valence-electron chi connectivity index (χ1n) is 5.39. The lowest BCUT2D eigenvalue weighted by molar-refractivity contribution is 0.0695. The lowest BCUT2D eigenvalue weighted by Crippen LogP contribution is -2.05. The van der Waals surface area contributed by atoms with E-state index >= 15 is 0 Å². The van der Waals surface area contributed by atoms with Crippen LogP contribution in [-0.2, 0) is 6.61 Å². The van der Waals surface area contributed by atoms with Gasteiger partial charge in [-0.2, -0.15) is 0 Å². The third-order valence-corrected chi connectivity index (χ3v) is 2.40. The monoisotopic (exact) mass is 244 g/mol. The number of carbonyl (C=O) groups is 1. The Labute approximate surface area is 104 Å². The van der Waals surface area contributed by atoms with E-state index in [4.69, 9.17) is 9.84 Å². The molecule has 0 aliphatic carbocycles. The quantitative estimate of drug-likeness (QED) is 0.891. The number of para-hydroxylation sites is 1. The van der Waals surface area contributed by atoms with Crippen LogP contribution in [-0.4, -0.2) is 21.0 Å². The Morgan fingerprint density at radius 1 is 1.28 bits per heavy atom. The van der Waals surface area contributed by atoms with Crippen LogP contribution in [0.4, 0.5) is 0 Å². The third kappa shape index (κ3) is 2.82. The second-order valence-corrected chi connectivity index (χ2v) is 3.75. The molecular formula is C13H12N2O3. The summed E-state index contributed by atoms with van der Waals surface area (Å²) in [5, 5.41) is 8.71. The van der Waals surface area contributed by atoms with Crippen molar-refractivity contribution < 1.29 is 14.6 Å². The van der Waals surface area contributed by atoms with Crippen LogP contribution in [0.15, 0.2) is 36.7 Å². The minimum atomic E-state index is -1.04. The molecule has 0 saturated heterocycles. The predicted molar refractivity (Wildman–Crippen MR) is 64.5 cm³/mol. The van der Waals surface area contributed by atoms with Crippen LogP contribution in [0, 0.1) is 6.92 Å². The normalized spacial score (nSPS) is 10.1. The molecule has 0 aliphatic heterocycles. The van der Waals surface area contributed by atoms with Gasteiger partial charge in [0, 0.05) is 12.4 Å². The van der Waals surface area contributed by atoms with Crippen molar-refractivity contribution in [3.8, 4) is 5.75 Å². The molecule has 2 rings (SSSR count). The van der Waals surface area contributed by atoms with E-state index in [-0.39, 0.29) is 12.2 Å². The van der Waals surface area contributed by atoms with E-state index < -0.39 is 5.97 Å². The predicted octanol–water partition coefficient (Wildman–Crippen LogP) is 2.06. The van der Waals surface area contributed by atoms with Gasteiger partial charge < -0.3 is 9.84 Å². The Morgan fingerprint density at radius 3 is 2.56 bits per heavy atom. The molecule has 1 aromatic heterocycles. The minimum Gasteiger partial charge on any atom is -0.485 e. The van der Waals surface area contributed by atoms with E-state index in [9.17, 15) is 4.79 Å². The number of benzene rings is 1. The SMILES string of the molecule is Cc1ccccc1OCc1ncc(C(=O)O)cn1. The van der Waals surface area contributed by atoms with Crippen LogP contribution in [0.2, 0.25) is 0 Å². The number of nitrogens with zero attached hydrogens (tertiary/aromatic N) is 2. The average Bonchev–Trinajstić information content (AvgIpc) is 2.38. The van der Waals surface area contributed by atoms with Gasteiger partial charge in [0.1, 0.15) is 12.4 Å². The zero-order valence-corrected chi connectivity index (χ0v) is 9.83. The van der Waals surface area contributed by atoms with Crippen molar-refractivity contribution in [1.82, 2.24) is 9.97 Å². The van der Waals surface area contributed by atoms with Crippen molar-refractivity contribution >= 4 is 5.97 Å². The van der Waals surface area contributed by atoms with E-state index in [0.717, 1.165) is 11.3 Å². The number of hydrogen-bond donors (Lipinski definition) is 1. The highest BCUT2D eigenvalue weighted by atomic mass is 16.5. The maximum Gasteiger partial charge on any atom is 0.338 e. The molecule has 1 N–H and O–H groups in total. The summed E-state index contributed by atoms with van der Waals surface area (Å²) in [6.07, 6.45) is 2.54. The summed E-state index contributed by atoms with van der Waals surface area (Å²) in [4.78, 5) is 18.5. The average molecular weight is 244 g/mol. The van der Waals surface area contributed by atoms with Crippen molar-refractivity contribution in [2.45, 2.75) is 13.5 Å². The molecule has 0 spiro atoms. The van der Waals surface area contributed by atoms with Crippen LogP contribution < -0.4 is 4.74 Å². The van der Waals surface area contributed by atoms with Crippen molar-refractivity contribution in [1.29, 1.82) is 0 Å². The molecule has 0 bridgehead atoms. The van der Waals surface area contributed by atoms with Gasteiger partial charge in [0.15, 0.2) is 5.82 Å². The largest absolute Gasteiger partial charge is 0.485 e. The number of rotatable bonds is 4. The molecule has 92 valence electrons. The smallest absolute Gasteiger partial charge is 0.338 e. The van der Waals surface area contributed by atoms with Gasteiger partial charge in [-0.15, -0.1) is 0 Å². The first-order valence-corrected chi connectivity index (χ1v) is 5.39.